The minimum Gasteiger partial charge on any atom is -0.455 e. The molecule has 0 fully saturated rings. The van der Waals surface area contributed by atoms with Gasteiger partial charge in [-0.3, -0.25) is 9.55 Å². The SMILES string of the molecule is CC(C)c1cccc(C(C)C)c1-n1c(-c2cccc3c2oc2cc(-c4cccc(-c5ccccc5)c4)ccc23)nc2c(C(C)(C)C)cncc21. The lowest BCUT2D eigenvalue weighted by Gasteiger charge is -2.23. The number of aromatic nitrogens is 3. The Balaban J connectivity index is 1.38. The van der Waals surface area contributed by atoms with Gasteiger partial charge in [0, 0.05) is 22.5 Å². The molecule has 0 spiro atoms. The van der Waals surface area contributed by atoms with Gasteiger partial charge in [-0.2, -0.15) is 0 Å². The van der Waals surface area contributed by atoms with Gasteiger partial charge in [-0.05, 0) is 74.9 Å². The monoisotopic (exact) mass is 653 g/mol. The van der Waals surface area contributed by atoms with E-state index in [0.717, 1.165) is 61.1 Å². The van der Waals surface area contributed by atoms with Crippen LogP contribution in [0.15, 0.2) is 126 Å². The molecule has 0 saturated heterocycles. The smallest absolute Gasteiger partial charge is 0.149 e. The molecule has 248 valence electrons. The van der Waals surface area contributed by atoms with Crippen molar-refractivity contribution in [1.82, 2.24) is 14.5 Å². The van der Waals surface area contributed by atoms with Gasteiger partial charge in [0.2, 0.25) is 0 Å². The third kappa shape index (κ3) is 5.31. The first-order chi connectivity index (χ1) is 24.1. The summed E-state index contributed by atoms with van der Waals surface area (Å²) in [6, 6.07) is 39.0. The van der Waals surface area contributed by atoms with E-state index in [1.807, 2.05) is 12.4 Å². The molecule has 4 heteroatoms. The lowest BCUT2D eigenvalue weighted by molar-refractivity contribution is 0.592. The van der Waals surface area contributed by atoms with Crippen LogP contribution in [0.3, 0.4) is 0 Å². The minimum absolute atomic E-state index is 0.138. The third-order valence-corrected chi connectivity index (χ3v) is 9.99. The van der Waals surface area contributed by atoms with Crippen molar-refractivity contribution in [3.05, 3.63) is 138 Å². The van der Waals surface area contributed by atoms with Crippen molar-refractivity contribution in [3.8, 4) is 39.3 Å². The summed E-state index contributed by atoms with van der Waals surface area (Å²) in [6.07, 6.45) is 3.97. The van der Waals surface area contributed by atoms with Crippen LogP contribution in [0, 0.1) is 0 Å². The first-order valence-electron chi connectivity index (χ1n) is 17.7. The normalized spacial score (nSPS) is 12.3. The molecule has 0 N–H and O–H groups in total. The Morgan fingerprint density at radius 3 is 1.96 bits per heavy atom. The van der Waals surface area contributed by atoms with Gasteiger partial charge in [0.1, 0.15) is 17.0 Å². The number of pyridine rings is 1. The van der Waals surface area contributed by atoms with Crippen molar-refractivity contribution in [2.75, 3.05) is 0 Å². The fourth-order valence-corrected chi connectivity index (χ4v) is 7.38. The molecule has 0 atom stereocenters. The predicted octanol–water partition coefficient (Wildman–Crippen LogP) is 12.9. The molecule has 0 saturated carbocycles. The molecule has 3 aromatic heterocycles. The van der Waals surface area contributed by atoms with Crippen LogP contribution in [0.5, 0.6) is 0 Å². The molecule has 4 nitrogen and oxygen atoms in total. The molecule has 0 radical (unpaired) electrons. The lowest BCUT2D eigenvalue weighted by Crippen LogP contribution is -2.12. The lowest BCUT2D eigenvalue weighted by atomic mass is 9.87. The Hall–Kier alpha value is -5.48. The van der Waals surface area contributed by atoms with Crippen LogP contribution in [-0.4, -0.2) is 14.5 Å². The second-order valence-electron chi connectivity index (χ2n) is 15.1. The number of fused-ring (bicyclic) bond motifs is 4. The molecule has 0 unspecified atom stereocenters. The number of nitrogens with zero attached hydrogens (tertiary/aromatic N) is 3. The van der Waals surface area contributed by atoms with Crippen molar-refractivity contribution in [2.45, 2.75) is 65.7 Å². The summed E-state index contributed by atoms with van der Waals surface area (Å²) in [4.78, 5) is 10.3. The summed E-state index contributed by atoms with van der Waals surface area (Å²) in [5, 5.41) is 2.17. The van der Waals surface area contributed by atoms with E-state index < -0.39 is 0 Å². The van der Waals surface area contributed by atoms with Gasteiger partial charge >= 0.3 is 0 Å². The highest BCUT2D eigenvalue weighted by Crippen LogP contribution is 2.43. The summed E-state index contributed by atoms with van der Waals surface area (Å²) >= 11 is 0. The Morgan fingerprint density at radius 1 is 0.620 bits per heavy atom. The molecule has 0 aliphatic carbocycles. The summed E-state index contributed by atoms with van der Waals surface area (Å²) in [5.74, 6) is 1.50. The van der Waals surface area contributed by atoms with Crippen LogP contribution in [0.25, 0.3) is 72.3 Å². The van der Waals surface area contributed by atoms with E-state index in [2.05, 4.69) is 162 Å². The van der Waals surface area contributed by atoms with E-state index >= 15 is 0 Å². The van der Waals surface area contributed by atoms with Gasteiger partial charge in [0.25, 0.3) is 0 Å². The second-order valence-corrected chi connectivity index (χ2v) is 15.1. The zero-order valence-electron chi connectivity index (χ0n) is 30.0. The van der Waals surface area contributed by atoms with E-state index in [1.54, 1.807) is 0 Å². The molecule has 0 aliphatic rings. The highest BCUT2D eigenvalue weighted by atomic mass is 16.3. The fraction of sp³-hybridized carbons (Fsp3) is 0.217. The van der Waals surface area contributed by atoms with Crippen molar-refractivity contribution in [2.24, 2.45) is 0 Å². The van der Waals surface area contributed by atoms with Crippen LogP contribution in [-0.2, 0) is 5.41 Å². The molecular weight excluding hydrogens is 611 g/mol. The second kappa shape index (κ2) is 12.1. The highest BCUT2D eigenvalue weighted by molar-refractivity contribution is 6.10. The molecule has 8 rings (SSSR count). The van der Waals surface area contributed by atoms with Crippen molar-refractivity contribution >= 4 is 33.0 Å². The molecule has 5 aromatic carbocycles. The maximum atomic E-state index is 6.89. The van der Waals surface area contributed by atoms with Gasteiger partial charge in [-0.15, -0.1) is 0 Å². The molecule has 3 heterocycles. The van der Waals surface area contributed by atoms with Crippen LogP contribution < -0.4 is 0 Å². The Kier molecular flexibility index (Phi) is 7.71. The summed E-state index contributed by atoms with van der Waals surface area (Å²) < 4.78 is 9.25. The summed E-state index contributed by atoms with van der Waals surface area (Å²) in [7, 11) is 0. The standard InChI is InChI=1S/C46H43N3O/c1-28(2)34-18-12-19-35(29(3)4)43(34)49-40-27-47-26-39(46(5,6)7)42(40)48-45(49)38-21-13-20-37-36-23-22-33(25-41(36)50-44(37)38)32-17-11-16-31(24-32)30-14-9-8-10-15-30/h8-29H,1-7H3. The molecule has 0 amide bonds. The average Bonchev–Trinajstić information content (AvgIpc) is 3.69. The van der Waals surface area contributed by atoms with Gasteiger partial charge in [0.15, 0.2) is 0 Å². The van der Waals surface area contributed by atoms with Crippen molar-refractivity contribution < 1.29 is 4.42 Å². The number of hydrogen-bond donors (Lipinski definition) is 0. The zero-order valence-corrected chi connectivity index (χ0v) is 30.0. The Labute approximate surface area is 294 Å². The van der Waals surface area contributed by atoms with Crippen molar-refractivity contribution in [3.63, 3.8) is 0 Å². The molecular formula is C46H43N3O. The molecule has 8 aromatic rings. The number of furan rings is 1. The first-order valence-corrected chi connectivity index (χ1v) is 17.7. The van der Waals surface area contributed by atoms with E-state index in [1.165, 1.54) is 27.9 Å². The van der Waals surface area contributed by atoms with Crippen molar-refractivity contribution in [1.29, 1.82) is 0 Å². The van der Waals surface area contributed by atoms with E-state index in [9.17, 15) is 0 Å². The molecule has 0 aliphatic heterocycles. The topological polar surface area (TPSA) is 43.9 Å². The van der Waals surface area contributed by atoms with Gasteiger partial charge in [-0.1, -0.05) is 133 Å². The third-order valence-electron chi connectivity index (χ3n) is 9.99. The van der Waals surface area contributed by atoms with E-state index in [0.29, 0.717) is 11.8 Å². The van der Waals surface area contributed by atoms with E-state index in [4.69, 9.17) is 14.4 Å². The van der Waals surface area contributed by atoms with Crippen LogP contribution in [0.2, 0.25) is 0 Å². The largest absolute Gasteiger partial charge is 0.455 e. The quantitative estimate of drug-likeness (QED) is 0.179. The number of benzene rings is 5. The highest BCUT2D eigenvalue weighted by Gasteiger charge is 2.28. The average molecular weight is 654 g/mol. The fourth-order valence-electron chi connectivity index (χ4n) is 7.38. The Bertz CT molecular complexity index is 2500. The number of rotatable bonds is 6. The van der Waals surface area contributed by atoms with E-state index in [-0.39, 0.29) is 5.41 Å². The number of hydrogen-bond acceptors (Lipinski definition) is 3. The van der Waals surface area contributed by atoms with Gasteiger partial charge < -0.3 is 4.42 Å². The summed E-state index contributed by atoms with van der Waals surface area (Å²) in [6.45, 7) is 15.8. The molecule has 50 heavy (non-hydrogen) atoms. The maximum absolute atomic E-state index is 6.89. The van der Waals surface area contributed by atoms with Gasteiger partial charge in [0.05, 0.1) is 28.5 Å². The predicted molar refractivity (Wildman–Crippen MR) is 209 cm³/mol. The summed E-state index contributed by atoms with van der Waals surface area (Å²) in [5.41, 5.74) is 14.1. The van der Waals surface area contributed by atoms with Crippen LogP contribution >= 0.6 is 0 Å². The van der Waals surface area contributed by atoms with Gasteiger partial charge in [-0.25, -0.2) is 4.98 Å². The first kappa shape index (κ1) is 31.8. The zero-order chi connectivity index (χ0) is 34.7. The molecule has 0 bridgehead atoms. The van der Waals surface area contributed by atoms with Crippen LogP contribution in [0.1, 0.15) is 77.0 Å². The Morgan fingerprint density at radius 2 is 1.26 bits per heavy atom. The van der Waals surface area contributed by atoms with Crippen LogP contribution in [0.4, 0.5) is 0 Å². The number of imidazole rings is 1. The number of para-hydroxylation sites is 2. The maximum Gasteiger partial charge on any atom is 0.149 e. The minimum atomic E-state index is -0.138.